The molecule has 2 aromatic rings. The van der Waals surface area contributed by atoms with Gasteiger partial charge in [-0.1, -0.05) is 12.1 Å². The Balaban J connectivity index is 1.16. The van der Waals surface area contributed by atoms with E-state index in [9.17, 15) is 28.4 Å². The molecule has 3 amide bonds. The minimum absolute atomic E-state index is 0.0269. The molecule has 0 aromatic heterocycles. The third-order valence-electron chi connectivity index (χ3n) is 7.58. The van der Waals surface area contributed by atoms with Crippen molar-refractivity contribution in [3.05, 3.63) is 59.4 Å². The van der Waals surface area contributed by atoms with Crippen LogP contribution in [0.4, 0.5) is 4.39 Å². The minimum atomic E-state index is -0.996. The van der Waals surface area contributed by atoms with Crippen LogP contribution >= 0.6 is 0 Å². The van der Waals surface area contributed by atoms with Crippen LogP contribution in [0.3, 0.4) is 0 Å². The molecule has 0 radical (unpaired) electrons. The zero-order valence-electron chi connectivity index (χ0n) is 25.3. The standard InChI is InChI=1S/C32H37FN2O9/c1-31(2,30(40)44-35-27(37)11-12-28(35)38)14-16-43-32(3,4)13-15-34-26(36)19-41-22-9-10-23-25(17-22)42-18-24(29(23)39)20-5-7-21(33)8-6-20/h5-10,17,24H,11-16,18-19H2,1-4H3,(H,34,36). The van der Waals surface area contributed by atoms with Gasteiger partial charge in [0.1, 0.15) is 23.9 Å². The predicted molar refractivity (Wildman–Crippen MR) is 154 cm³/mol. The first-order valence-electron chi connectivity index (χ1n) is 14.4. The molecule has 1 fully saturated rings. The van der Waals surface area contributed by atoms with Crippen molar-refractivity contribution >= 4 is 29.5 Å². The fourth-order valence-corrected chi connectivity index (χ4v) is 4.62. The second kappa shape index (κ2) is 13.5. The second-order valence-corrected chi connectivity index (χ2v) is 12.0. The maximum atomic E-state index is 13.3. The Kier molecular flexibility index (Phi) is 10.0. The summed E-state index contributed by atoms with van der Waals surface area (Å²) in [5, 5.41) is 3.32. The number of benzene rings is 2. The smallest absolute Gasteiger partial charge is 0.338 e. The lowest BCUT2D eigenvalue weighted by atomic mass is 9.89. The summed E-state index contributed by atoms with van der Waals surface area (Å²) in [5.41, 5.74) is -0.555. The van der Waals surface area contributed by atoms with Gasteiger partial charge in [0, 0.05) is 32.1 Å². The number of Topliss-reactive ketones (excluding diaryl/α,β-unsaturated/α-hetero) is 1. The Morgan fingerprint density at radius 1 is 1.00 bits per heavy atom. The number of imide groups is 1. The molecule has 1 atom stereocenters. The summed E-state index contributed by atoms with van der Waals surface area (Å²) < 4.78 is 30.6. The minimum Gasteiger partial charge on any atom is -0.492 e. The number of carbonyl (C=O) groups excluding carboxylic acids is 5. The van der Waals surface area contributed by atoms with Crippen LogP contribution in [0.2, 0.25) is 0 Å². The van der Waals surface area contributed by atoms with Gasteiger partial charge in [0.25, 0.3) is 17.7 Å². The monoisotopic (exact) mass is 612 g/mol. The topological polar surface area (TPSA) is 138 Å². The second-order valence-electron chi connectivity index (χ2n) is 12.0. The van der Waals surface area contributed by atoms with Gasteiger partial charge in [0.15, 0.2) is 12.4 Å². The van der Waals surface area contributed by atoms with Gasteiger partial charge in [0.05, 0.1) is 22.5 Å². The Hall–Kier alpha value is -4.32. The molecule has 2 aliphatic rings. The Morgan fingerprint density at radius 2 is 1.68 bits per heavy atom. The van der Waals surface area contributed by atoms with Crippen LogP contribution in [0.5, 0.6) is 11.5 Å². The number of fused-ring (bicyclic) bond motifs is 1. The molecule has 236 valence electrons. The molecule has 1 unspecified atom stereocenters. The first kappa shape index (κ1) is 32.6. The van der Waals surface area contributed by atoms with E-state index in [0.29, 0.717) is 40.7 Å². The van der Waals surface area contributed by atoms with Gasteiger partial charge in [-0.05, 0) is 70.4 Å². The fraction of sp³-hybridized carbons (Fsp3) is 0.469. The van der Waals surface area contributed by atoms with Gasteiger partial charge in [-0.25, -0.2) is 9.18 Å². The molecule has 2 heterocycles. The van der Waals surface area contributed by atoms with Crippen molar-refractivity contribution in [2.45, 2.75) is 64.9 Å². The van der Waals surface area contributed by atoms with Gasteiger partial charge in [0.2, 0.25) is 0 Å². The molecule has 0 spiro atoms. The van der Waals surface area contributed by atoms with Gasteiger partial charge in [-0.2, -0.15) is 0 Å². The number of hydroxylamine groups is 2. The van der Waals surface area contributed by atoms with Crippen molar-refractivity contribution in [2.75, 3.05) is 26.4 Å². The SMILES string of the molecule is CC(C)(CCNC(=O)COc1ccc2c(c1)OCC(c1ccc(F)cc1)C2=O)OCCC(C)(C)C(=O)ON1C(=O)CCC1=O. The largest absolute Gasteiger partial charge is 0.492 e. The number of halogens is 1. The molecule has 2 aliphatic heterocycles. The van der Waals surface area contributed by atoms with E-state index in [0.717, 1.165) is 0 Å². The van der Waals surface area contributed by atoms with Gasteiger partial charge < -0.3 is 24.4 Å². The molecule has 12 heteroatoms. The van der Waals surface area contributed by atoms with Crippen LogP contribution in [0.15, 0.2) is 42.5 Å². The summed E-state index contributed by atoms with van der Waals surface area (Å²) in [6.45, 7) is 7.40. The number of rotatable bonds is 13. The molecule has 0 bridgehead atoms. The lowest BCUT2D eigenvalue weighted by molar-refractivity contribution is -0.205. The van der Waals surface area contributed by atoms with Crippen molar-refractivity contribution in [3.8, 4) is 11.5 Å². The maximum Gasteiger partial charge on any atom is 0.338 e. The Morgan fingerprint density at radius 3 is 2.36 bits per heavy atom. The summed E-state index contributed by atoms with van der Waals surface area (Å²) >= 11 is 0. The van der Waals surface area contributed by atoms with E-state index in [1.807, 2.05) is 13.8 Å². The fourth-order valence-electron chi connectivity index (χ4n) is 4.62. The Labute approximate surface area is 254 Å². The maximum absolute atomic E-state index is 13.3. The van der Waals surface area contributed by atoms with Crippen molar-refractivity contribution in [1.82, 2.24) is 10.4 Å². The van der Waals surface area contributed by atoms with Crippen molar-refractivity contribution in [1.29, 1.82) is 0 Å². The molecular formula is C32H37FN2O9. The van der Waals surface area contributed by atoms with Crippen molar-refractivity contribution in [3.63, 3.8) is 0 Å². The highest BCUT2D eigenvalue weighted by Crippen LogP contribution is 2.35. The summed E-state index contributed by atoms with van der Waals surface area (Å²) in [5.74, 6) is -2.42. The lowest BCUT2D eigenvalue weighted by Gasteiger charge is -2.29. The quantitative estimate of drug-likeness (QED) is 0.334. The summed E-state index contributed by atoms with van der Waals surface area (Å²) in [7, 11) is 0. The van der Waals surface area contributed by atoms with E-state index in [-0.39, 0.29) is 56.6 Å². The molecular weight excluding hydrogens is 575 g/mol. The highest BCUT2D eigenvalue weighted by Gasteiger charge is 2.38. The van der Waals surface area contributed by atoms with Crippen molar-refractivity contribution < 1.29 is 47.4 Å². The number of hydrogen-bond donors (Lipinski definition) is 1. The highest BCUT2D eigenvalue weighted by atomic mass is 19.1. The number of amides is 3. The highest BCUT2D eigenvalue weighted by molar-refractivity contribution is 6.04. The summed E-state index contributed by atoms with van der Waals surface area (Å²) in [6, 6.07) is 10.5. The Bertz CT molecular complexity index is 1410. The average molecular weight is 613 g/mol. The van der Waals surface area contributed by atoms with E-state index >= 15 is 0 Å². The molecule has 44 heavy (non-hydrogen) atoms. The molecule has 2 aromatic carbocycles. The third-order valence-corrected chi connectivity index (χ3v) is 7.58. The molecule has 0 saturated carbocycles. The number of hydrogen-bond acceptors (Lipinski definition) is 9. The van der Waals surface area contributed by atoms with Gasteiger partial charge >= 0.3 is 5.97 Å². The number of carbonyl (C=O) groups is 5. The molecule has 0 aliphatic carbocycles. The average Bonchev–Trinajstić information content (AvgIpc) is 3.28. The summed E-state index contributed by atoms with van der Waals surface area (Å²) in [4.78, 5) is 66.3. The number of nitrogens with one attached hydrogen (secondary N) is 1. The van der Waals surface area contributed by atoms with Crippen LogP contribution < -0.4 is 14.8 Å². The third kappa shape index (κ3) is 8.19. The van der Waals surface area contributed by atoms with E-state index in [1.165, 1.54) is 12.1 Å². The van der Waals surface area contributed by atoms with E-state index in [4.69, 9.17) is 19.0 Å². The predicted octanol–water partition coefficient (Wildman–Crippen LogP) is 3.89. The molecule has 1 N–H and O–H groups in total. The van der Waals surface area contributed by atoms with Crippen LogP contribution in [0.1, 0.15) is 75.2 Å². The van der Waals surface area contributed by atoms with Crippen LogP contribution in [0, 0.1) is 11.2 Å². The number of ether oxygens (including phenoxy) is 3. The van der Waals surface area contributed by atoms with Gasteiger partial charge in [-0.3, -0.25) is 19.2 Å². The molecule has 1 saturated heterocycles. The first-order chi connectivity index (χ1) is 20.8. The van der Waals surface area contributed by atoms with Crippen molar-refractivity contribution in [2.24, 2.45) is 5.41 Å². The zero-order valence-corrected chi connectivity index (χ0v) is 25.3. The van der Waals surface area contributed by atoms with Crippen LogP contribution in [0.25, 0.3) is 0 Å². The van der Waals surface area contributed by atoms with Gasteiger partial charge in [-0.15, -0.1) is 5.06 Å². The number of ketones is 1. The summed E-state index contributed by atoms with van der Waals surface area (Å²) in [6.07, 6.45) is 0.817. The normalized spacial score (nSPS) is 16.8. The molecule has 11 nitrogen and oxygen atoms in total. The van der Waals surface area contributed by atoms with Crippen LogP contribution in [-0.2, 0) is 28.8 Å². The van der Waals surface area contributed by atoms with E-state index in [1.54, 1.807) is 44.2 Å². The lowest BCUT2D eigenvalue weighted by Crippen LogP contribution is -2.39. The van der Waals surface area contributed by atoms with E-state index < -0.39 is 34.7 Å². The molecule has 4 rings (SSSR count). The number of nitrogens with zero attached hydrogens (tertiary/aromatic N) is 1. The zero-order chi connectivity index (χ0) is 32.1. The first-order valence-corrected chi connectivity index (χ1v) is 14.4. The van der Waals surface area contributed by atoms with Crippen LogP contribution in [-0.4, -0.2) is 66.5 Å². The van der Waals surface area contributed by atoms with E-state index in [2.05, 4.69) is 5.32 Å².